The van der Waals surface area contributed by atoms with E-state index in [2.05, 4.69) is 15.3 Å². The maximum Gasteiger partial charge on any atom is 0.255 e. The molecule has 0 spiro atoms. The van der Waals surface area contributed by atoms with Crippen molar-refractivity contribution in [1.82, 2.24) is 9.97 Å². The van der Waals surface area contributed by atoms with Crippen molar-refractivity contribution in [2.45, 2.75) is 13.3 Å². The lowest BCUT2D eigenvalue weighted by molar-refractivity contribution is 0.102. The van der Waals surface area contributed by atoms with Crippen LogP contribution in [-0.4, -0.2) is 22.5 Å². The van der Waals surface area contributed by atoms with E-state index in [1.165, 1.54) is 12.4 Å². The maximum atomic E-state index is 12.6. The van der Waals surface area contributed by atoms with Crippen molar-refractivity contribution in [3.8, 4) is 5.75 Å². The van der Waals surface area contributed by atoms with Gasteiger partial charge in [0.05, 0.1) is 22.3 Å². The Labute approximate surface area is 167 Å². The second-order valence-electron chi connectivity index (χ2n) is 5.83. The molecule has 0 aliphatic carbocycles. The van der Waals surface area contributed by atoms with Crippen LogP contribution in [0, 0.1) is 6.92 Å². The van der Waals surface area contributed by atoms with E-state index in [0.717, 1.165) is 11.3 Å². The number of pyridine rings is 2. The number of anilines is 1. The SMILES string of the molecule is Cc1ccc(C(=O)Nc2c(Cl)cncc2Cl)cc1OCCc1ccccn1. The summed E-state index contributed by atoms with van der Waals surface area (Å²) in [6.45, 7) is 2.39. The highest BCUT2D eigenvalue weighted by Crippen LogP contribution is 2.29. The minimum Gasteiger partial charge on any atom is -0.493 e. The average molecular weight is 402 g/mol. The van der Waals surface area contributed by atoms with Gasteiger partial charge >= 0.3 is 0 Å². The number of aryl methyl sites for hydroxylation is 1. The highest BCUT2D eigenvalue weighted by molar-refractivity contribution is 6.39. The monoisotopic (exact) mass is 401 g/mol. The van der Waals surface area contributed by atoms with E-state index < -0.39 is 0 Å². The largest absolute Gasteiger partial charge is 0.493 e. The lowest BCUT2D eigenvalue weighted by Gasteiger charge is -2.12. The van der Waals surface area contributed by atoms with Gasteiger partial charge in [0.15, 0.2) is 0 Å². The molecule has 138 valence electrons. The highest BCUT2D eigenvalue weighted by Gasteiger charge is 2.13. The molecule has 0 aliphatic heterocycles. The van der Waals surface area contributed by atoms with Crippen LogP contribution in [0.2, 0.25) is 10.0 Å². The summed E-state index contributed by atoms with van der Waals surface area (Å²) in [5.74, 6) is 0.310. The Hall–Kier alpha value is -2.63. The molecule has 27 heavy (non-hydrogen) atoms. The van der Waals surface area contributed by atoms with E-state index in [1.807, 2.05) is 31.2 Å². The minimum atomic E-state index is -0.334. The number of ether oxygens (including phenoxy) is 1. The van der Waals surface area contributed by atoms with Crippen LogP contribution in [0.15, 0.2) is 55.0 Å². The van der Waals surface area contributed by atoms with Gasteiger partial charge in [0, 0.05) is 36.3 Å². The Kier molecular flexibility index (Phi) is 6.27. The second-order valence-corrected chi connectivity index (χ2v) is 6.65. The zero-order chi connectivity index (χ0) is 19.2. The van der Waals surface area contributed by atoms with Crippen LogP contribution in [0.3, 0.4) is 0 Å². The zero-order valence-electron chi connectivity index (χ0n) is 14.6. The first-order valence-corrected chi connectivity index (χ1v) is 9.04. The van der Waals surface area contributed by atoms with Crippen LogP contribution in [-0.2, 0) is 6.42 Å². The van der Waals surface area contributed by atoms with E-state index >= 15 is 0 Å². The van der Waals surface area contributed by atoms with Crippen LogP contribution in [0.5, 0.6) is 5.75 Å². The van der Waals surface area contributed by atoms with Gasteiger partial charge in [-0.3, -0.25) is 14.8 Å². The molecule has 2 aromatic heterocycles. The summed E-state index contributed by atoms with van der Waals surface area (Å²) >= 11 is 12.1. The van der Waals surface area contributed by atoms with Crippen molar-refractivity contribution < 1.29 is 9.53 Å². The van der Waals surface area contributed by atoms with Crippen molar-refractivity contribution >= 4 is 34.8 Å². The first kappa shape index (κ1) is 19.1. The van der Waals surface area contributed by atoms with Crippen molar-refractivity contribution in [3.63, 3.8) is 0 Å². The molecule has 0 radical (unpaired) electrons. The third-order valence-corrected chi connectivity index (χ3v) is 4.46. The topological polar surface area (TPSA) is 64.1 Å². The molecule has 5 nitrogen and oxygen atoms in total. The Balaban J connectivity index is 1.69. The summed E-state index contributed by atoms with van der Waals surface area (Å²) in [6, 6.07) is 11.0. The number of nitrogens with zero attached hydrogens (tertiary/aromatic N) is 2. The number of nitrogens with one attached hydrogen (secondary N) is 1. The van der Waals surface area contributed by atoms with Gasteiger partial charge in [-0.05, 0) is 36.8 Å². The third kappa shape index (κ3) is 4.96. The van der Waals surface area contributed by atoms with Crippen molar-refractivity contribution in [1.29, 1.82) is 0 Å². The molecular weight excluding hydrogens is 385 g/mol. The molecule has 7 heteroatoms. The first-order chi connectivity index (χ1) is 13.0. The average Bonchev–Trinajstić information content (AvgIpc) is 2.67. The van der Waals surface area contributed by atoms with E-state index in [-0.39, 0.29) is 16.0 Å². The molecule has 1 aromatic carbocycles. The van der Waals surface area contributed by atoms with Crippen molar-refractivity contribution in [3.05, 3.63) is 81.9 Å². The summed E-state index contributed by atoms with van der Waals surface area (Å²) in [5, 5.41) is 3.26. The number of carbonyl (C=O) groups is 1. The van der Waals surface area contributed by atoms with Crippen LogP contribution in [0.25, 0.3) is 0 Å². The fraction of sp³-hybridized carbons (Fsp3) is 0.150. The quantitative estimate of drug-likeness (QED) is 0.633. The number of halogens is 2. The number of rotatable bonds is 6. The fourth-order valence-electron chi connectivity index (χ4n) is 2.42. The molecule has 0 atom stereocenters. The lowest BCUT2D eigenvalue weighted by atomic mass is 10.1. The molecule has 3 rings (SSSR count). The van der Waals surface area contributed by atoms with Crippen LogP contribution in [0.4, 0.5) is 5.69 Å². The normalized spacial score (nSPS) is 10.5. The number of amides is 1. The summed E-state index contributed by atoms with van der Waals surface area (Å²) in [6.07, 6.45) is 5.27. The third-order valence-electron chi connectivity index (χ3n) is 3.88. The highest BCUT2D eigenvalue weighted by atomic mass is 35.5. The van der Waals surface area contributed by atoms with Gasteiger partial charge < -0.3 is 10.1 Å². The van der Waals surface area contributed by atoms with Gasteiger partial charge in [-0.1, -0.05) is 35.3 Å². The summed E-state index contributed by atoms with van der Waals surface area (Å²) in [4.78, 5) is 20.7. The first-order valence-electron chi connectivity index (χ1n) is 8.28. The number of aromatic nitrogens is 2. The van der Waals surface area contributed by atoms with Crippen molar-refractivity contribution in [2.75, 3.05) is 11.9 Å². The van der Waals surface area contributed by atoms with E-state index in [1.54, 1.807) is 18.3 Å². The molecular formula is C20H17Cl2N3O2. The van der Waals surface area contributed by atoms with Gasteiger partial charge in [0.1, 0.15) is 5.75 Å². The Bertz CT molecular complexity index is 929. The van der Waals surface area contributed by atoms with E-state index in [4.69, 9.17) is 27.9 Å². The zero-order valence-corrected chi connectivity index (χ0v) is 16.1. The Morgan fingerprint density at radius 2 is 1.93 bits per heavy atom. The van der Waals surface area contributed by atoms with E-state index in [0.29, 0.717) is 30.0 Å². The smallest absolute Gasteiger partial charge is 0.255 e. The van der Waals surface area contributed by atoms with Crippen LogP contribution >= 0.6 is 23.2 Å². The lowest BCUT2D eigenvalue weighted by Crippen LogP contribution is -2.13. The molecule has 1 amide bonds. The predicted octanol–water partition coefficient (Wildman–Crippen LogP) is 4.97. The molecule has 0 saturated heterocycles. The Morgan fingerprint density at radius 3 is 2.63 bits per heavy atom. The maximum absolute atomic E-state index is 12.6. The summed E-state index contributed by atoms with van der Waals surface area (Å²) in [5.41, 5.74) is 2.66. The van der Waals surface area contributed by atoms with Crippen LogP contribution in [0.1, 0.15) is 21.6 Å². The predicted molar refractivity (Wildman–Crippen MR) is 107 cm³/mol. The fourth-order valence-corrected chi connectivity index (χ4v) is 2.88. The van der Waals surface area contributed by atoms with Gasteiger partial charge in [0.25, 0.3) is 5.91 Å². The van der Waals surface area contributed by atoms with Crippen LogP contribution < -0.4 is 10.1 Å². The minimum absolute atomic E-state index is 0.273. The molecule has 2 heterocycles. The molecule has 0 unspecified atom stereocenters. The van der Waals surface area contributed by atoms with Gasteiger partial charge in [0.2, 0.25) is 0 Å². The Morgan fingerprint density at radius 1 is 1.15 bits per heavy atom. The summed E-state index contributed by atoms with van der Waals surface area (Å²) in [7, 11) is 0. The number of hydrogen-bond donors (Lipinski definition) is 1. The molecule has 0 bridgehead atoms. The number of hydrogen-bond acceptors (Lipinski definition) is 4. The molecule has 0 saturated carbocycles. The van der Waals surface area contributed by atoms with Gasteiger partial charge in [-0.2, -0.15) is 0 Å². The van der Waals surface area contributed by atoms with E-state index in [9.17, 15) is 4.79 Å². The summed E-state index contributed by atoms with van der Waals surface area (Å²) < 4.78 is 5.85. The molecule has 1 N–H and O–H groups in total. The van der Waals surface area contributed by atoms with Gasteiger partial charge in [-0.25, -0.2) is 0 Å². The standard InChI is InChI=1S/C20H17Cl2N3O2/c1-13-5-6-14(20(26)25-19-16(21)11-23-12-17(19)22)10-18(13)27-9-7-15-4-2-3-8-24-15/h2-6,8,10-12H,7,9H2,1H3,(H,23,25,26). The molecule has 0 aliphatic rings. The van der Waals surface area contributed by atoms with Crippen molar-refractivity contribution in [2.24, 2.45) is 0 Å². The molecule has 0 fully saturated rings. The number of carbonyl (C=O) groups excluding carboxylic acids is 1. The number of benzene rings is 1. The van der Waals surface area contributed by atoms with Gasteiger partial charge in [-0.15, -0.1) is 0 Å². The second kappa shape index (κ2) is 8.84. The molecule has 3 aromatic rings.